The predicted molar refractivity (Wildman–Crippen MR) is 79.4 cm³/mol. The molecule has 1 heterocycles. The number of benzene rings is 1. The van der Waals surface area contributed by atoms with Gasteiger partial charge in [0, 0.05) is 13.5 Å². The second-order valence-corrected chi connectivity index (χ2v) is 5.26. The van der Waals surface area contributed by atoms with E-state index in [-0.39, 0.29) is 16.4 Å². The van der Waals surface area contributed by atoms with E-state index in [1.54, 1.807) is 7.11 Å². The van der Waals surface area contributed by atoms with Crippen molar-refractivity contribution in [2.24, 2.45) is 0 Å². The van der Waals surface area contributed by atoms with Crippen LogP contribution < -0.4 is 10.1 Å². The molecule has 0 amide bonds. The number of carbonyl (C=O) groups is 2. The molecule has 0 atom stereocenters. The van der Waals surface area contributed by atoms with Gasteiger partial charge in [0.25, 0.3) is 0 Å². The number of ether oxygens (including phenoxy) is 1. The number of nitrogens with one attached hydrogen (secondary N) is 1. The molecule has 0 spiro atoms. The van der Waals surface area contributed by atoms with Crippen molar-refractivity contribution < 1.29 is 19.4 Å². The molecule has 6 nitrogen and oxygen atoms in total. The number of aromatic carboxylic acids is 1. The third-order valence-corrected chi connectivity index (χ3v) is 3.84. The maximum absolute atomic E-state index is 11.4. The number of hydrogen-bond donors (Lipinski definition) is 2. The molecule has 21 heavy (non-hydrogen) atoms. The molecule has 0 aliphatic carbocycles. The molecule has 0 unspecified atom stereocenters. The highest BCUT2D eigenvalue weighted by Gasteiger charge is 2.20. The van der Waals surface area contributed by atoms with E-state index in [9.17, 15) is 9.59 Å². The van der Waals surface area contributed by atoms with Crippen LogP contribution in [0.2, 0.25) is 0 Å². The molecule has 0 radical (unpaired) electrons. The lowest BCUT2D eigenvalue weighted by Gasteiger charge is -2.05. The highest BCUT2D eigenvalue weighted by Crippen LogP contribution is 2.24. The first-order chi connectivity index (χ1) is 10.0. The summed E-state index contributed by atoms with van der Waals surface area (Å²) in [6.45, 7) is 1.78. The average molecular weight is 306 g/mol. The minimum absolute atomic E-state index is 0.149. The Balaban J connectivity index is 2.14. The zero-order valence-corrected chi connectivity index (χ0v) is 12.4. The predicted octanol–water partition coefficient (Wildman–Crippen LogP) is 2.66. The van der Waals surface area contributed by atoms with Crippen LogP contribution in [0.4, 0.5) is 5.13 Å². The summed E-state index contributed by atoms with van der Waals surface area (Å²) in [5, 5.41) is 12.5. The van der Waals surface area contributed by atoms with Crippen LogP contribution in [0.3, 0.4) is 0 Å². The Morgan fingerprint density at radius 3 is 2.76 bits per heavy atom. The maximum Gasteiger partial charge on any atom is 0.356 e. The Morgan fingerprint density at radius 1 is 1.43 bits per heavy atom. The van der Waals surface area contributed by atoms with E-state index in [2.05, 4.69) is 10.3 Å². The highest BCUT2D eigenvalue weighted by molar-refractivity contribution is 7.17. The van der Waals surface area contributed by atoms with Crippen LogP contribution in [-0.2, 0) is 6.54 Å². The summed E-state index contributed by atoms with van der Waals surface area (Å²) in [6.07, 6.45) is 0. The minimum atomic E-state index is -1.20. The lowest BCUT2D eigenvalue weighted by atomic mass is 10.2. The lowest BCUT2D eigenvalue weighted by Crippen LogP contribution is -2.04. The van der Waals surface area contributed by atoms with Crippen molar-refractivity contribution in [3.05, 3.63) is 40.4 Å². The van der Waals surface area contributed by atoms with Crippen molar-refractivity contribution in [2.75, 3.05) is 12.4 Å². The van der Waals surface area contributed by atoms with Gasteiger partial charge in [-0.3, -0.25) is 4.79 Å². The Bertz CT molecular complexity index is 650. The van der Waals surface area contributed by atoms with E-state index in [1.807, 2.05) is 24.3 Å². The number of thiazole rings is 1. The molecule has 2 N–H and O–H groups in total. The van der Waals surface area contributed by atoms with Gasteiger partial charge in [-0.1, -0.05) is 23.5 Å². The fourth-order valence-corrected chi connectivity index (χ4v) is 2.59. The van der Waals surface area contributed by atoms with Gasteiger partial charge < -0.3 is 15.2 Å². The van der Waals surface area contributed by atoms with Crippen LogP contribution in [0, 0.1) is 0 Å². The van der Waals surface area contributed by atoms with Crippen molar-refractivity contribution >= 4 is 28.2 Å². The normalized spacial score (nSPS) is 10.2. The third-order valence-electron chi connectivity index (χ3n) is 2.73. The van der Waals surface area contributed by atoms with Crippen molar-refractivity contribution in [1.29, 1.82) is 0 Å². The molecule has 0 saturated carbocycles. The van der Waals surface area contributed by atoms with Crippen molar-refractivity contribution in [3.63, 3.8) is 0 Å². The Hall–Kier alpha value is -2.41. The van der Waals surface area contributed by atoms with Gasteiger partial charge in [-0.2, -0.15) is 0 Å². The van der Waals surface area contributed by atoms with Crippen molar-refractivity contribution in [3.8, 4) is 5.75 Å². The van der Waals surface area contributed by atoms with E-state index in [0.29, 0.717) is 11.7 Å². The molecule has 0 aliphatic rings. The number of nitrogens with zero attached hydrogens (tertiary/aromatic N) is 1. The van der Waals surface area contributed by atoms with E-state index in [0.717, 1.165) is 22.6 Å². The van der Waals surface area contributed by atoms with Crippen LogP contribution in [0.1, 0.15) is 32.6 Å². The molecule has 2 rings (SSSR count). The van der Waals surface area contributed by atoms with Crippen LogP contribution in [0.5, 0.6) is 5.75 Å². The summed E-state index contributed by atoms with van der Waals surface area (Å²) < 4.78 is 5.13. The van der Waals surface area contributed by atoms with Gasteiger partial charge in [-0.15, -0.1) is 0 Å². The topological polar surface area (TPSA) is 88.5 Å². The number of Topliss-reactive ketones (excluding diaryl/α,β-unsaturated/α-hetero) is 1. The molecule has 0 aliphatic heterocycles. The second-order valence-electron chi connectivity index (χ2n) is 4.26. The van der Waals surface area contributed by atoms with E-state index in [4.69, 9.17) is 9.84 Å². The van der Waals surface area contributed by atoms with Gasteiger partial charge in [-0.25, -0.2) is 9.78 Å². The molecule has 2 aromatic rings. The maximum atomic E-state index is 11.4. The van der Waals surface area contributed by atoms with Gasteiger partial charge >= 0.3 is 5.97 Å². The van der Waals surface area contributed by atoms with Crippen LogP contribution >= 0.6 is 11.3 Å². The lowest BCUT2D eigenvalue weighted by molar-refractivity contribution is 0.0687. The highest BCUT2D eigenvalue weighted by atomic mass is 32.1. The van der Waals surface area contributed by atoms with E-state index >= 15 is 0 Å². The summed E-state index contributed by atoms with van der Waals surface area (Å²) in [5.74, 6) is -0.769. The molecular weight excluding hydrogens is 292 g/mol. The van der Waals surface area contributed by atoms with Gasteiger partial charge in [0.1, 0.15) is 10.6 Å². The number of carbonyl (C=O) groups excluding carboxylic acids is 1. The first-order valence-electron chi connectivity index (χ1n) is 6.13. The SMILES string of the molecule is COc1cccc(CNc2nc(C(=O)O)c(C(C)=O)s2)c1. The van der Waals surface area contributed by atoms with Crippen LogP contribution in [-0.4, -0.2) is 29.0 Å². The Morgan fingerprint density at radius 2 is 2.19 bits per heavy atom. The van der Waals surface area contributed by atoms with Crippen molar-refractivity contribution in [1.82, 2.24) is 4.98 Å². The third kappa shape index (κ3) is 3.57. The summed E-state index contributed by atoms with van der Waals surface area (Å²) in [6, 6.07) is 7.47. The Labute approximate surface area is 125 Å². The average Bonchev–Trinajstić information content (AvgIpc) is 2.90. The second kappa shape index (κ2) is 6.36. The zero-order valence-electron chi connectivity index (χ0n) is 11.5. The summed E-state index contributed by atoms with van der Waals surface area (Å²) in [7, 11) is 1.59. The minimum Gasteiger partial charge on any atom is -0.497 e. The number of methoxy groups -OCH3 is 1. The first kappa shape index (κ1) is 15.0. The molecule has 110 valence electrons. The first-order valence-corrected chi connectivity index (χ1v) is 6.94. The largest absolute Gasteiger partial charge is 0.497 e. The van der Waals surface area contributed by atoms with Crippen molar-refractivity contribution in [2.45, 2.75) is 13.5 Å². The molecular formula is C14H14N2O4S. The monoisotopic (exact) mass is 306 g/mol. The fourth-order valence-electron chi connectivity index (χ4n) is 1.74. The van der Waals surface area contributed by atoms with Gasteiger partial charge in [0.2, 0.25) is 0 Å². The summed E-state index contributed by atoms with van der Waals surface area (Å²) >= 11 is 1.04. The summed E-state index contributed by atoms with van der Waals surface area (Å²) in [4.78, 5) is 26.5. The molecule has 1 aromatic heterocycles. The number of aromatic nitrogens is 1. The molecule has 7 heteroatoms. The fraction of sp³-hybridized carbons (Fsp3) is 0.214. The van der Waals surface area contributed by atoms with Crippen LogP contribution in [0.15, 0.2) is 24.3 Å². The van der Waals surface area contributed by atoms with Crippen LogP contribution in [0.25, 0.3) is 0 Å². The number of ketones is 1. The van der Waals surface area contributed by atoms with E-state index < -0.39 is 5.97 Å². The number of rotatable bonds is 6. The van der Waals surface area contributed by atoms with Gasteiger partial charge in [0.15, 0.2) is 16.6 Å². The molecule has 1 aromatic carbocycles. The van der Waals surface area contributed by atoms with E-state index in [1.165, 1.54) is 6.92 Å². The summed E-state index contributed by atoms with van der Waals surface area (Å²) in [5.41, 5.74) is 0.756. The zero-order chi connectivity index (χ0) is 15.4. The Kier molecular flexibility index (Phi) is 4.54. The standard InChI is InChI=1S/C14H14N2O4S/c1-8(17)12-11(13(18)19)16-14(21-12)15-7-9-4-3-5-10(6-9)20-2/h3-6H,7H2,1-2H3,(H,15,16)(H,18,19). The molecule has 0 fully saturated rings. The number of hydrogen-bond acceptors (Lipinski definition) is 6. The van der Waals surface area contributed by atoms with Gasteiger partial charge in [-0.05, 0) is 17.7 Å². The van der Waals surface area contributed by atoms with Gasteiger partial charge in [0.05, 0.1) is 7.11 Å². The number of carboxylic acids is 1. The number of carboxylic acid groups (broad SMARTS) is 1. The smallest absolute Gasteiger partial charge is 0.356 e. The number of anilines is 1. The molecule has 0 bridgehead atoms. The molecule has 0 saturated heterocycles. The quantitative estimate of drug-likeness (QED) is 0.798.